The molecule has 2 aromatic carbocycles. The van der Waals surface area contributed by atoms with Crippen LogP contribution >= 0.6 is 0 Å². The lowest BCUT2D eigenvalue weighted by Gasteiger charge is -2.39. The number of pyridine rings is 1. The van der Waals surface area contributed by atoms with Gasteiger partial charge in [0.15, 0.2) is 0 Å². The van der Waals surface area contributed by atoms with E-state index in [2.05, 4.69) is 49.7 Å². The molecule has 1 unspecified atom stereocenters. The molecule has 37 heavy (non-hydrogen) atoms. The summed E-state index contributed by atoms with van der Waals surface area (Å²) in [5, 5.41) is 22.0. The number of carbonyl (C=O) groups excluding carboxylic acids is 1. The van der Waals surface area contributed by atoms with E-state index in [0.717, 1.165) is 66.4 Å². The van der Waals surface area contributed by atoms with Gasteiger partial charge in [0.25, 0.3) is 5.91 Å². The lowest BCUT2D eigenvalue weighted by atomic mass is 9.98. The SMILES string of the molecule is O=C(N[C@@H](c1ccccn1)C1CC1)c1ccc2[nH]nc(-c3ccc(N4[C@@H]5CC[C@H]4CC(O)C5)cc3)c2c1. The molecular weight excluding hydrogens is 462 g/mol. The molecule has 0 radical (unpaired) electrons. The van der Waals surface area contributed by atoms with E-state index < -0.39 is 0 Å². The molecule has 1 saturated carbocycles. The Bertz CT molecular complexity index is 1420. The van der Waals surface area contributed by atoms with Crippen molar-refractivity contribution >= 4 is 22.5 Å². The molecule has 1 aliphatic carbocycles. The maximum atomic E-state index is 13.3. The number of hydrogen-bond acceptors (Lipinski definition) is 5. The summed E-state index contributed by atoms with van der Waals surface area (Å²) in [5.41, 5.74) is 5.51. The van der Waals surface area contributed by atoms with Crippen molar-refractivity contribution in [3.63, 3.8) is 0 Å². The number of aromatic amines is 1. The van der Waals surface area contributed by atoms with Crippen LogP contribution in [-0.2, 0) is 0 Å². The summed E-state index contributed by atoms with van der Waals surface area (Å²) in [7, 11) is 0. The number of aromatic nitrogens is 3. The third kappa shape index (κ3) is 4.17. The zero-order valence-corrected chi connectivity index (χ0v) is 20.7. The van der Waals surface area contributed by atoms with E-state index in [1.54, 1.807) is 6.20 Å². The highest BCUT2D eigenvalue weighted by Gasteiger charge is 2.40. The number of carbonyl (C=O) groups is 1. The largest absolute Gasteiger partial charge is 0.393 e. The number of benzene rings is 2. The van der Waals surface area contributed by atoms with Crippen molar-refractivity contribution in [2.24, 2.45) is 5.92 Å². The summed E-state index contributed by atoms with van der Waals surface area (Å²) in [5.74, 6) is 0.360. The molecule has 3 N–H and O–H groups in total. The summed E-state index contributed by atoms with van der Waals surface area (Å²) in [6, 6.07) is 20.9. The van der Waals surface area contributed by atoms with Crippen LogP contribution in [0.1, 0.15) is 60.6 Å². The van der Waals surface area contributed by atoms with Gasteiger partial charge in [-0.3, -0.25) is 14.9 Å². The summed E-state index contributed by atoms with van der Waals surface area (Å²) < 4.78 is 0. The van der Waals surface area contributed by atoms with Crippen LogP contribution in [0.15, 0.2) is 66.9 Å². The van der Waals surface area contributed by atoms with Crippen LogP contribution in [0.25, 0.3) is 22.2 Å². The zero-order chi connectivity index (χ0) is 24.9. The van der Waals surface area contributed by atoms with Crippen LogP contribution in [0, 0.1) is 5.92 Å². The summed E-state index contributed by atoms with van der Waals surface area (Å²) in [6.07, 6.45) is 7.86. The molecule has 4 atom stereocenters. The van der Waals surface area contributed by atoms with E-state index >= 15 is 0 Å². The predicted molar refractivity (Wildman–Crippen MR) is 143 cm³/mol. The minimum atomic E-state index is -0.168. The standard InChI is InChI=1S/C30H31N5O2/c36-24-16-22-11-12-23(17-24)35(22)21-9-6-18(7-10-21)28-25-15-20(8-13-26(25)33-34-28)30(37)32-29(19-4-5-19)27-3-1-2-14-31-27/h1-3,6-10,13-15,19,22-24,29,36H,4-5,11-12,16-17H2,(H,32,37)(H,33,34)/t22-,23+,24?,29-/m1/s1. The number of aliphatic hydroxyl groups is 1. The Morgan fingerprint density at radius 2 is 1.78 bits per heavy atom. The van der Waals surface area contributed by atoms with Crippen LogP contribution in [0.4, 0.5) is 5.69 Å². The van der Waals surface area contributed by atoms with Crippen molar-refractivity contribution in [3.05, 3.63) is 78.1 Å². The fraction of sp³-hybridized carbons (Fsp3) is 0.367. The second kappa shape index (κ2) is 8.99. The molecule has 4 heterocycles. The molecule has 2 saturated heterocycles. The monoisotopic (exact) mass is 493 g/mol. The van der Waals surface area contributed by atoms with Gasteiger partial charge in [-0.2, -0.15) is 5.10 Å². The summed E-state index contributed by atoms with van der Waals surface area (Å²) in [4.78, 5) is 20.3. The molecule has 2 aromatic heterocycles. The number of hydrogen-bond donors (Lipinski definition) is 3. The van der Waals surface area contributed by atoms with Crippen molar-refractivity contribution in [2.75, 3.05) is 4.90 Å². The van der Waals surface area contributed by atoms with E-state index in [4.69, 9.17) is 0 Å². The van der Waals surface area contributed by atoms with E-state index in [1.165, 1.54) is 5.69 Å². The lowest BCUT2D eigenvalue weighted by molar-refractivity contribution is 0.0930. The number of nitrogens with one attached hydrogen (secondary N) is 2. The van der Waals surface area contributed by atoms with Crippen molar-refractivity contribution in [3.8, 4) is 11.3 Å². The number of piperidine rings is 1. The number of rotatable bonds is 6. The Morgan fingerprint density at radius 3 is 2.49 bits per heavy atom. The smallest absolute Gasteiger partial charge is 0.251 e. The predicted octanol–water partition coefficient (Wildman–Crippen LogP) is 5.00. The van der Waals surface area contributed by atoms with Crippen LogP contribution in [0.5, 0.6) is 0 Å². The minimum absolute atomic E-state index is 0.0630. The molecule has 0 spiro atoms. The molecule has 3 fully saturated rings. The molecule has 7 heteroatoms. The van der Waals surface area contributed by atoms with E-state index in [1.807, 2.05) is 36.4 Å². The third-order valence-corrected chi connectivity index (χ3v) is 8.36. The van der Waals surface area contributed by atoms with Gasteiger partial charge in [-0.1, -0.05) is 18.2 Å². The topological polar surface area (TPSA) is 94.1 Å². The second-order valence-electron chi connectivity index (χ2n) is 10.8. The van der Waals surface area contributed by atoms with Crippen LogP contribution in [0.2, 0.25) is 0 Å². The van der Waals surface area contributed by atoms with Crippen molar-refractivity contribution in [1.29, 1.82) is 0 Å². The first kappa shape index (κ1) is 22.5. The van der Waals surface area contributed by atoms with Gasteiger partial charge in [0.2, 0.25) is 0 Å². The maximum Gasteiger partial charge on any atom is 0.251 e. The van der Waals surface area contributed by atoms with Gasteiger partial charge in [0.05, 0.1) is 29.1 Å². The Kier molecular flexibility index (Phi) is 5.47. The molecular formula is C30H31N5O2. The molecule has 7 rings (SSSR count). The average molecular weight is 494 g/mol. The van der Waals surface area contributed by atoms with Gasteiger partial charge in [0.1, 0.15) is 0 Å². The number of amides is 1. The fourth-order valence-electron chi connectivity index (χ4n) is 6.38. The first-order chi connectivity index (χ1) is 18.1. The highest BCUT2D eigenvalue weighted by molar-refractivity contribution is 6.01. The Morgan fingerprint density at radius 1 is 1.00 bits per heavy atom. The number of aliphatic hydroxyl groups excluding tert-OH is 1. The van der Waals surface area contributed by atoms with Crippen molar-refractivity contribution < 1.29 is 9.90 Å². The molecule has 7 nitrogen and oxygen atoms in total. The van der Waals surface area contributed by atoms with Gasteiger partial charge in [0, 0.05) is 40.5 Å². The molecule has 1 amide bonds. The van der Waals surface area contributed by atoms with Gasteiger partial charge in [-0.15, -0.1) is 0 Å². The quantitative estimate of drug-likeness (QED) is 0.352. The Hall–Kier alpha value is -3.71. The maximum absolute atomic E-state index is 13.3. The number of fused-ring (bicyclic) bond motifs is 3. The Balaban J connectivity index is 1.14. The molecule has 4 aromatic rings. The van der Waals surface area contributed by atoms with Crippen molar-refractivity contribution in [1.82, 2.24) is 20.5 Å². The highest BCUT2D eigenvalue weighted by Crippen LogP contribution is 2.41. The zero-order valence-electron chi connectivity index (χ0n) is 20.7. The normalized spacial score (nSPS) is 23.8. The summed E-state index contributed by atoms with van der Waals surface area (Å²) >= 11 is 0. The first-order valence-electron chi connectivity index (χ1n) is 13.4. The van der Waals surface area contributed by atoms with Gasteiger partial charge < -0.3 is 15.3 Å². The van der Waals surface area contributed by atoms with Crippen LogP contribution < -0.4 is 10.2 Å². The fourth-order valence-corrected chi connectivity index (χ4v) is 6.38. The van der Waals surface area contributed by atoms with Gasteiger partial charge >= 0.3 is 0 Å². The van der Waals surface area contributed by atoms with Crippen molar-refractivity contribution in [2.45, 2.75) is 62.8 Å². The second-order valence-corrected chi connectivity index (χ2v) is 10.8. The minimum Gasteiger partial charge on any atom is -0.393 e. The molecule has 188 valence electrons. The van der Waals surface area contributed by atoms with Crippen LogP contribution in [-0.4, -0.2) is 44.4 Å². The van der Waals surface area contributed by atoms with Gasteiger partial charge in [-0.25, -0.2) is 0 Å². The average Bonchev–Trinajstić information content (AvgIpc) is 3.62. The lowest BCUT2D eigenvalue weighted by Crippen LogP contribution is -2.44. The number of H-pyrrole nitrogens is 1. The third-order valence-electron chi connectivity index (χ3n) is 8.36. The molecule has 2 aliphatic heterocycles. The van der Waals surface area contributed by atoms with E-state index in [0.29, 0.717) is 23.6 Å². The number of nitrogens with zero attached hydrogens (tertiary/aromatic N) is 3. The molecule has 3 aliphatic rings. The molecule has 2 bridgehead atoms. The van der Waals surface area contributed by atoms with E-state index in [9.17, 15) is 9.90 Å². The first-order valence-corrected chi connectivity index (χ1v) is 13.4. The van der Waals surface area contributed by atoms with E-state index in [-0.39, 0.29) is 18.1 Å². The Labute approximate surface area is 215 Å². The van der Waals surface area contributed by atoms with Gasteiger partial charge in [-0.05, 0) is 86.9 Å². The summed E-state index contributed by atoms with van der Waals surface area (Å²) in [6.45, 7) is 0. The highest BCUT2D eigenvalue weighted by atomic mass is 16.3. The van der Waals surface area contributed by atoms with Crippen LogP contribution in [0.3, 0.4) is 0 Å². The number of anilines is 1.